The molecule has 0 spiro atoms. The van der Waals surface area contributed by atoms with Crippen LogP contribution in [0.15, 0.2) is 54.7 Å². The van der Waals surface area contributed by atoms with Crippen molar-refractivity contribution in [2.75, 3.05) is 0 Å². The van der Waals surface area contributed by atoms with Crippen molar-refractivity contribution >= 4 is 22.7 Å². The molecule has 1 heterocycles. The van der Waals surface area contributed by atoms with Gasteiger partial charge in [-0.1, -0.05) is 56.3 Å². The number of carbonyl (C=O) groups is 2. The van der Waals surface area contributed by atoms with Gasteiger partial charge in [0.15, 0.2) is 5.78 Å². The van der Waals surface area contributed by atoms with Crippen molar-refractivity contribution in [3.63, 3.8) is 0 Å². The molecule has 0 radical (unpaired) electrons. The van der Waals surface area contributed by atoms with Crippen LogP contribution in [-0.2, 0) is 24.2 Å². The highest BCUT2D eigenvalue weighted by molar-refractivity contribution is 6.08. The maximum absolute atomic E-state index is 12.9. The molecule has 0 aliphatic carbocycles. The van der Waals surface area contributed by atoms with Crippen LogP contribution in [0.1, 0.15) is 67.4 Å². The Morgan fingerprint density at radius 1 is 0.903 bits per heavy atom. The van der Waals surface area contributed by atoms with E-state index < -0.39 is 5.97 Å². The van der Waals surface area contributed by atoms with E-state index in [0.717, 1.165) is 42.1 Å². The molecule has 0 aliphatic rings. The van der Waals surface area contributed by atoms with Gasteiger partial charge in [0.25, 0.3) is 0 Å². The highest BCUT2D eigenvalue weighted by Gasteiger charge is 2.14. The summed E-state index contributed by atoms with van der Waals surface area (Å²) in [5.74, 6) is 0.0442. The Morgan fingerprint density at radius 3 is 2.32 bits per heavy atom. The smallest absolute Gasteiger partial charge is 0.303 e. The lowest BCUT2D eigenvalue weighted by molar-refractivity contribution is -0.137. The van der Waals surface area contributed by atoms with E-state index in [0.29, 0.717) is 25.3 Å². The number of rotatable bonds is 12. The first-order chi connectivity index (χ1) is 14.9. The van der Waals surface area contributed by atoms with Crippen LogP contribution in [0, 0.1) is 5.92 Å². The number of carboxylic acid groups (broad SMARTS) is 1. The second-order valence-corrected chi connectivity index (χ2v) is 8.80. The summed E-state index contributed by atoms with van der Waals surface area (Å²) in [5, 5.41) is 9.85. The fourth-order valence-corrected chi connectivity index (χ4v) is 4.12. The van der Waals surface area contributed by atoms with E-state index >= 15 is 0 Å². The number of aromatic nitrogens is 1. The fraction of sp³-hybridized carbons (Fsp3) is 0.407. The predicted molar refractivity (Wildman–Crippen MR) is 126 cm³/mol. The molecule has 1 N–H and O–H groups in total. The van der Waals surface area contributed by atoms with Gasteiger partial charge in [0, 0.05) is 42.0 Å². The summed E-state index contributed by atoms with van der Waals surface area (Å²) in [4.78, 5) is 23.7. The summed E-state index contributed by atoms with van der Waals surface area (Å²) in [5.41, 5.74) is 4.46. The average Bonchev–Trinajstić information content (AvgIpc) is 3.10. The zero-order chi connectivity index (χ0) is 22.2. The highest BCUT2D eigenvalue weighted by atomic mass is 16.4. The summed E-state index contributed by atoms with van der Waals surface area (Å²) in [6.07, 6.45) is 7.09. The van der Waals surface area contributed by atoms with Gasteiger partial charge >= 0.3 is 5.97 Å². The molecular formula is C27H33NO3. The summed E-state index contributed by atoms with van der Waals surface area (Å²) in [7, 11) is 0. The first-order valence-corrected chi connectivity index (χ1v) is 11.3. The Bertz CT molecular complexity index is 1010. The maximum atomic E-state index is 12.9. The number of ketones is 1. The topological polar surface area (TPSA) is 59.3 Å². The van der Waals surface area contributed by atoms with Crippen molar-refractivity contribution in [1.29, 1.82) is 0 Å². The van der Waals surface area contributed by atoms with Crippen LogP contribution < -0.4 is 0 Å². The number of Topliss-reactive ketones (excluding diaryl/α,β-unsaturated/α-hetero) is 1. The van der Waals surface area contributed by atoms with Gasteiger partial charge in [0.2, 0.25) is 0 Å². The highest BCUT2D eigenvalue weighted by Crippen LogP contribution is 2.24. The van der Waals surface area contributed by atoms with Gasteiger partial charge in [-0.3, -0.25) is 9.59 Å². The second-order valence-electron chi connectivity index (χ2n) is 8.80. The van der Waals surface area contributed by atoms with Gasteiger partial charge in [-0.25, -0.2) is 0 Å². The Kier molecular flexibility index (Phi) is 8.05. The third kappa shape index (κ3) is 6.55. The van der Waals surface area contributed by atoms with E-state index in [1.807, 2.05) is 35.0 Å². The SMILES string of the molecule is CC(C)Cc1ccc(CCCCC(=O)c2cn(CCCC(=O)O)c3ccccc23)cc1. The minimum absolute atomic E-state index is 0.133. The summed E-state index contributed by atoms with van der Waals surface area (Å²) >= 11 is 0. The number of carboxylic acids is 1. The molecule has 3 rings (SSSR count). The average molecular weight is 420 g/mol. The molecule has 0 fully saturated rings. The lowest BCUT2D eigenvalue weighted by Crippen LogP contribution is -2.02. The second kappa shape index (κ2) is 10.9. The molecule has 0 unspecified atom stereocenters. The molecule has 4 heteroatoms. The molecule has 3 aromatic rings. The van der Waals surface area contributed by atoms with E-state index in [9.17, 15) is 9.59 Å². The van der Waals surface area contributed by atoms with Crippen molar-refractivity contribution in [3.05, 3.63) is 71.4 Å². The lowest BCUT2D eigenvalue weighted by atomic mass is 9.99. The molecular weight excluding hydrogens is 386 g/mol. The quantitative estimate of drug-likeness (QED) is 0.277. The number of benzene rings is 2. The number of hydrogen-bond acceptors (Lipinski definition) is 2. The third-order valence-corrected chi connectivity index (χ3v) is 5.66. The third-order valence-electron chi connectivity index (χ3n) is 5.66. The molecule has 31 heavy (non-hydrogen) atoms. The van der Waals surface area contributed by atoms with E-state index in [1.54, 1.807) is 0 Å². The van der Waals surface area contributed by atoms with E-state index in [1.165, 1.54) is 11.1 Å². The van der Waals surface area contributed by atoms with Gasteiger partial charge in [-0.05, 0) is 55.2 Å². The maximum Gasteiger partial charge on any atom is 0.303 e. The van der Waals surface area contributed by atoms with Crippen molar-refractivity contribution in [2.45, 2.75) is 65.3 Å². The van der Waals surface area contributed by atoms with Crippen molar-refractivity contribution in [2.24, 2.45) is 5.92 Å². The van der Waals surface area contributed by atoms with Gasteiger partial charge in [-0.2, -0.15) is 0 Å². The largest absolute Gasteiger partial charge is 0.481 e. The number of aliphatic carboxylic acids is 1. The standard InChI is InChI=1S/C27H33NO3/c1-20(2)18-22-15-13-21(14-16-22)8-3-6-11-26(29)24-19-28(17-7-12-27(30)31)25-10-5-4-9-23(24)25/h4-5,9-10,13-16,19-20H,3,6-8,11-12,17-18H2,1-2H3,(H,30,31). The summed E-state index contributed by atoms with van der Waals surface area (Å²) < 4.78 is 2.02. The molecule has 0 bridgehead atoms. The Hall–Kier alpha value is -2.88. The van der Waals surface area contributed by atoms with E-state index in [2.05, 4.69) is 38.1 Å². The Morgan fingerprint density at radius 2 is 1.61 bits per heavy atom. The van der Waals surface area contributed by atoms with E-state index in [-0.39, 0.29) is 12.2 Å². The summed E-state index contributed by atoms with van der Waals surface area (Å²) in [6, 6.07) is 16.7. The molecule has 0 atom stereocenters. The number of nitrogens with zero attached hydrogens (tertiary/aromatic N) is 1. The monoisotopic (exact) mass is 419 g/mol. The normalized spacial score (nSPS) is 11.3. The fourth-order valence-electron chi connectivity index (χ4n) is 4.12. The van der Waals surface area contributed by atoms with Crippen LogP contribution in [0.2, 0.25) is 0 Å². The molecule has 4 nitrogen and oxygen atoms in total. The zero-order valence-electron chi connectivity index (χ0n) is 18.6. The zero-order valence-corrected chi connectivity index (χ0v) is 18.6. The van der Waals surface area contributed by atoms with Gasteiger partial charge < -0.3 is 9.67 Å². The minimum Gasteiger partial charge on any atom is -0.481 e. The molecule has 0 saturated heterocycles. The van der Waals surface area contributed by atoms with Crippen LogP contribution in [0.3, 0.4) is 0 Å². The van der Waals surface area contributed by atoms with E-state index in [4.69, 9.17) is 5.11 Å². The molecule has 0 aliphatic heterocycles. The van der Waals surface area contributed by atoms with Crippen LogP contribution in [-0.4, -0.2) is 21.4 Å². The number of hydrogen-bond donors (Lipinski definition) is 1. The summed E-state index contributed by atoms with van der Waals surface area (Å²) in [6.45, 7) is 5.07. The van der Waals surface area contributed by atoms with Crippen molar-refractivity contribution in [3.8, 4) is 0 Å². The molecule has 164 valence electrons. The molecule has 2 aromatic carbocycles. The number of fused-ring (bicyclic) bond motifs is 1. The van der Waals surface area contributed by atoms with Crippen LogP contribution in [0.4, 0.5) is 0 Å². The predicted octanol–water partition coefficient (Wildman–Crippen LogP) is 6.30. The number of aryl methyl sites for hydroxylation is 2. The first kappa shape index (κ1) is 22.8. The first-order valence-electron chi connectivity index (χ1n) is 11.3. The van der Waals surface area contributed by atoms with Gasteiger partial charge in [0.1, 0.15) is 0 Å². The number of unbranched alkanes of at least 4 members (excludes halogenated alkanes) is 1. The number of para-hydroxylation sites is 1. The minimum atomic E-state index is -0.790. The van der Waals surface area contributed by atoms with Crippen molar-refractivity contribution < 1.29 is 14.7 Å². The van der Waals surface area contributed by atoms with Crippen LogP contribution >= 0.6 is 0 Å². The Balaban J connectivity index is 1.55. The Labute approximate surface area is 184 Å². The number of carbonyl (C=O) groups excluding carboxylic acids is 1. The molecule has 1 aromatic heterocycles. The van der Waals surface area contributed by atoms with Crippen molar-refractivity contribution in [1.82, 2.24) is 4.57 Å². The van der Waals surface area contributed by atoms with Gasteiger partial charge in [-0.15, -0.1) is 0 Å². The lowest BCUT2D eigenvalue weighted by Gasteiger charge is -2.06. The molecule has 0 amide bonds. The van der Waals surface area contributed by atoms with Gasteiger partial charge in [0.05, 0.1) is 0 Å². The van der Waals surface area contributed by atoms with Crippen LogP contribution in [0.5, 0.6) is 0 Å². The molecule has 0 saturated carbocycles. The van der Waals surface area contributed by atoms with Crippen LogP contribution in [0.25, 0.3) is 10.9 Å².